The summed E-state index contributed by atoms with van der Waals surface area (Å²) in [5.41, 5.74) is 0.456. The topological polar surface area (TPSA) is 58.4 Å². The number of hydrogen-bond donors (Lipinski definition) is 1. The van der Waals surface area contributed by atoms with Crippen molar-refractivity contribution in [2.75, 3.05) is 19.7 Å². The fourth-order valence-electron chi connectivity index (χ4n) is 1.35. The minimum absolute atomic E-state index is 0.0773. The summed E-state index contributed by atoms with van der Waals surface area (Å²) in [4.78, 5) is 17.5. The number of amides is 1. The zero-order chi connectivity index (χ0) is 11.3. The van der Waals surface area contributed by atoms with Gasteiger partial charge in [0, 0.05) is 32.9 Å². The molecule has 0 aliphatic rings. The van der Waals surface area contributed by atoms with Gasteiger partial charge in [-0.25, -0.2) is 4.98 Å². The van der Waals surface area contributed by atoms with Crippen LogP contribution < -0.4 is 0 Å². The number of aliphatic hydroxyl groups excluding tert-OH is 1. The van der Waals surface area contributed by atoms with Crippen LogP contribution in [-0.2, 0) is 7.05 Å². The van der Waals surface area contributed by atoms with Crippen molar-refractivity contribution < 1.29 is 9.90 Å². The third-order valence-corrected chi connectivity index (χ3v) is 2.18. The van der Waals surface area contributed by atoms with E-state index in [9.17, 15) is 4.79 Å². The number of nitrogens with zero attached hydrogens (tertiary/aromatic N) is 3. The maximum Gasteiger partial charge on any atom is 0.274 e. The molecule has 84 valence electrons. The van der Waals surface area contributed by atoms with E-state index < -0.39 is 0 Å². The Morgan fingerprint density at radius 2 is 2.40 bits per heavy atom. The second kappa shape index (κ2) is 5.50. The van der Waals surface area contributed by atoms with Crippen molar-refractivity contribution in [2.24, 2.45) is 7.05 Å². The third-order valence-electron chi connectivity index (χ3n) is 2.18. The Morgan fingerprint density at radius 1 is 1.67 bits per heavy atom. The van der Waals surface area contributed by atoms with Crippen LogP contribution in [-0.4, -0.2) is 45.2 Å². The van der Waals surface area contributed by atoms with E-state index in [1.165, 1.54) is 0 Å². The van der Waals surface area contributed by atoms with Crippen molar-refractivity contribution in [2.45, 2.75) is 13.3 Å². The van der Waals surface area contributed by atoms with Gasteiger partial charge in [-0.15, -0.1) is 0 Å². The van der Waals surface area contributed by atoms with Crippen LogP contribution >= 0.6 is 0 Å². The first-order chi connectivity index (χ1) is 7.19. The van der Waals surface area contributed by atoms with Gasteiger partial charge in [0.2, 0.25) is 0 Å². The molecule has 0 saturated heterocycles. The second-order valence-electron chi connectivity index (χ2n) is 3.39. The summed E-state index contributed by atoms with van der Waals surface area (Å²) in [5.74, 6) is -0.0773. The van der Waals surface area contributed by atoms with Crippen molar-refractivity contribution in [1.29, 1.82) is 0 Å². The molecular formula is C10H17N3O2. The zero-order valence-corrected chi connectivity index (χ0v) is 9.18. The van der Waals surface area contributed by atoms with Gasteiger partial charge in [0.15, 0.2) is 0 Å². The molecule has 0 saturated carbocycles. The molecule has 0 spiro atoms. The van der Waals surface area contributed by atoms with Gasteiger partial charge in [-0.3, -0.25) is 4.79 Å². The van der Waals surface area contributed by atoms with Crippen LogP contribution in [0.15, 0.2) is 12.5 Å². The minimum atomic E-state index is -0.0773. The maximum atomic E-state index is 11.9. The fraction of sp³-hybridized carbons (Fsp3) is 0.600. The first-order valence-electron chi connectivity index (χ1n) is 5.07. The van der Waals surface area contributed by atoms with E-state index >= 15 is 0 Å². The lowest BCUT2D eigenvalue weighted by Gasteiger charge is -2.18. The molecule has 0 aliphatic carbocycles. The molecule has 1 heterocycles. The van der Waals surface area contributed by atoms with Crippen molar-refractivity contribution in [3.05, 3.63) is 18.2 Å². The van der Waals surface area contributed by atoms with Crippen LogP contribution in [0.3, 0.4) is 0 Å². The lowest BCUT2D eigenvalue weighted by atomic mass is 10.3. The fourth-order valence-corrected chi connectivity index (χ4v) is 1.35. The highest BCUT2D eigenvalue weighted by atomic mass is 16.3. The van der Waals surface area contributed by atoms with Gasteiger partial charge in [-0.05, 0) is 13.3 Å². The molecule has 1 N–H and O–H groups in total. The molecule has 0 aliphatic heterocycles. The largest absolute Gasteiger partial charge is 0.396 e. The number of aromatic nitrogens is 2. The van der Waals surface area contributed by atoms with Gasteiger partial charge in [0.25, 0.3) is 5.91 Å². The molecule has 1 aromatic heterocycles. The van der Waals surface area contributed by atoms with Crippen molar-refractivity contribution in [3.63, 3.8) is 0 Å². The Labute approximate surface area is 89.3 Å². The van der Waals surface area contributed by atoms with Gasteiger partial charge < -0.3 is 14.6 Å². The number of aryl methyl sites for hydroxylation is 1. The Morgan fingerprint density at radius 3 is 2.87 bits per heavy atom. The first-order valence-corrected chi connectivity index (χ1v) is 5.07. The van der Waals surface area contributed by atoms with Gasteiger partial charge in [-0.1, -0.05) is 0 Å². The van der Waals surface area contributed by atoms with E-state index in [-0.39, 0.29) is 12.5 Å². The Balaban J connectivity index is 2.64. The molecule has 5 heteroatoms. The second-order valence-corrected chi connectivity index (χ2v) is 3.39. The number of carbonyl (C=O) groups excluding carboxylic acids is 1. The SMILES string of the molecule is CCN(CCCO)C(=O)c1cn(C)cn1. The molecule has 0 unspecified atom stereocenters. The van der Waals surface area contributed by atoms with E-state index in [2.05, 4.69) is 4.98 Å². The number of rotatable bonds is 5. The standard InChI is InChI=1S/C10H17N3O2/c1-3-13(5-4-6-14)10(15)9-7-12(2)8-11-9/h7-8,14H,3-6H2,1-2H3. The number of hydrogen-bond acceptors (Lipinski definition) is 3. The summed E-state index contributed by atoms with van der Waals surface area (Å²) in [7, 11) is 1.83. The van der Waals surface area contributed by atoms with Gasteiger partial charge in [-0.2, -0.15) is 0 Å². The molecule has 0 fully saturated rings. The normalized spacial score (nSPS) is 10.3. The van der Waals surface area contributed by atoms with E-state index in [4.69, 9.17) is 5.11 Å². The molecule has 0 bridgehead atoms. The van der Waals surface area contributed by atoms with E-state index in [0.717, 1.165) is 0 Å². The predicted octanol–water partition coefficient (Wildman–Crippen LogP) is 0.265. The molecule has 15 heavy (non-hydrogen) atoms. The quantitative estimate of drug-likeness (QED) is 0.760. The van der Waals surface area contributed by atoms with Gasteiger partial charge in [0.1, 0.15) is 5.69 Å². The third kappa shape index (κ3) is 3.06. The summed E-state index contributed by atoms with van der Waals surface area (Å²) in [6, 6.07) is 0. The highest BCUT2D eigenvalue weighted by Gasteiger charge is 2.15. The number of aliphatic hydroxyl groups is 1. The smallest absolute Gasteiger partial charge is 0.274 e. The summed E-state index contributed by atoms with van der Waals surface area (Å²) in [6.45, 7) is 3.22. The van der Waals surface area contributed by atoms with E-state index in [0.29, 0.717) is 25.2 Å². The van der Waals surface area contributed by atoms with E-state index in [1.54, 1.807) is 22.0 Å². The average Bonchev–Trinajstić information content (AvgIpc) is 2.65. The molecule has 1 amide bonds. The van der Waals surface area contributed by atoms with Crippen LogP contribution in [0.25, 0.3) is 0 Å². The zero-order valence-electron chi connectivity index (χ0n) is 9.18. The minimum Gasteiger partial charge on any atom is -0.396 e. The molecule has 5 nitrogen and oxygen atoms in total. The Kier molecular flexibility index (Phi) is 4.30. The molecule has 0 radical (unpaired) electrons. The van der Waals surface area contributed by atoms with E-state index in [1.807, 2.05) is 14.0 Å². The Bertz CT molecular complexity index is 322. The summed E-state index contributed by atoms with van der Waals surface area (Å²) >= 11 is 0. The molecule has 0 atom stereocenters. The lowest BCUT2D eigenvalue weighted by molar-refractivity contribution is 0.0749. The highest BCUT2D eigenvalue weighted by molar-refractivity contribution is 5.92. The molecular weight excluding hydrogens is 194 g/mol. The van der Waals surface area contributed by atoms with Crippen LogP contribution in [0.5, 0.6) is 0 Å². The molecule has 1 aromatic rings. The average molecular weight is 211 g/mol. The van der Waals surface area contributed by atoms with Gasteiger partial charge in [0.05, 0.1) is 6.33 Å². The number of imidazole rings is 1. The van der Waals surface area contributed by atoms with Crippen LogP contribution in [0.4, 0.5) is 0 Å². The maximum absolute atomic E-state index is 11.9. The summed E-state index contributed by atoms with van der Waals surface area (Å²) in [6.07, 6.45) is 3.91. The first kappa shape index (κ1) is 11.7. The van der Waals surface area contributed by atoms with Crippen molar-refractivity contribution in [1.82, 2.24) is 14.5 Å². The predicted molar refractivity (Wildman–Crippen MR) is 56.5 cm³/mol. The summed E-state index contributed by atoms with van der Waals surface area (Å²) < 4.78 is 1.74. The molecule has 0 aromatic carbocycles. The lowest BCUT2D eigenvalue weighted by Crippen LogP contribution is -2.32. The van der Waals surface area contributed by atoms with Gasteiger partial charge >= 0.3 is 0 Å². The number of carbonyl (C=O) groups is 1. The monoisotopic (exact) mass is 211 g/mol. The van der Waals surface area contributed by atoms with Crippen LogP contribution in [0.2, 0.25) is 0 Å². The van der Waals surface area contributed by atoms with Crippen molar-refractivity contribution in [3.8, 4) is 0 Å². The van der Waals surface area contributed by atoms with Crippen LogP contribution in [0.1, 0.15) is 23.8 Å². The molecule has 1 rings (SSSR count). The summed E-state index contributed by atoms with van der Waals surface area (Å²) in [5, 5.41) is 8.71. The van der Waals surface area contributed by atoms with Crippen LogP contribution in [0, 0.1) is 0 Å². The van der Waals surface area contributed by atoms with Crippen molar-refractivity contribution >= 4 is 5.91 Å². The highest BCUT2D eigenvalue weighted by Crippen LogP contribution is 2.02. The Hall–Kier alpha value is -1.36.